The Balaban J connectivity index is 1.41. The number of anilines is 1. The molecule has 0 fully saturated rings. The maximum Gasteiger partial charge on any atom is 0.269 e. The highest BCUT2D eigenvalue weighted by molar-refractivity contribution is 6.00. The number of ether oxygens (including phenoxy) is 1. The van der Waals surface area contributed by atoms with E-state index in [1.165, 1.54) is 0 Å². The molecule has 1 N–H and O–H groups in total. The SMILES string of the molecule is CN1C(=O)C(CNC(=O)c2ccc(-c3ccccc3)cc2)Oc2ccccc21. The van der Waals surface area contributed by atoms with Crippen molar-refractivity contribution in [2.75, 3.05) is 18.5 Å². The molecule has 1 heterocycles. The Bertz CT molecular complexity index is 1000. The molecule has 1 unspecified atom stereocenters. The van der Waals surface area contributed by atoms with E-state index in [9.17, 15) is 9.59 Å². The normalized spacial score (nSPS) is 15.5. The highest BCUT2D eigenvalue weighted by Gasteiger charge is 2.32. The fraction of sp³-hybridized carbons (Fsp3) is 0.130. The molecule has 2 amide bonds. The molecule has 4 rings (SSSR count). The minimum absolute atomic E-state index is 0.108. The summed E-state index contributed by atoms with van der Waals surface area (Å²) in [5.74, 6) is 0.215. The Morgan fingerprint density at radius 1 is 0.929 bits per heavy atom. The maximum absolute atomic E-state index is 12.5. The molecule has 1 aliphatic rings. The molecule has 0 radical (unpaired) electrons. The zero-order chi connectivity index (χ0) is 19.5. The van der Waals surface area contributed by atoms with Crippen LogP contribution in [0.5, 0.6) is 5.75 Å². The first-order valence-electron chi connectivity index (χ1n) is 9.10. The molecular weight excluding hydrogens is 352 g/mol. The number of nitrogens with one attached hydrogen (secondary N) is 1. The Hall–Kier alpha value is -3.60. The van der Waals surface area contributed by atoms with Crippen molar-refractivity contribution in [1.82, 2.24) is 5.32 Å². The number of amides is 2. The van der Waals surface area contributed by atoms with Gasteiger partial charge in [-0.15, -0.1) is 0 Å². The van der Waals surface area contributed by atoms with E-state index in [0.29, 0.717) is 11.3 Å². The molecule has 1 atom stereocenters. The molecule has 3 aromatic carbocycles. The number of hydrogen-bond donors (Lipinski definition) is 1. The summed E-state index contributed by atoms with van der Waals surface area (Å²) in [5.41, 5.74) is 3.40. The Morgan fingerprint density at radius 2 is 1.57 bits per heavy atom. The third-order valence-corrected chi connectivity index (χ3v) is 4.80. The third kappa shape index (κ3) is 3.47. The standard InChI is InChI=1S/C23H20N2O3/c1-25-19-9-5-6-10-20(19)28-21(23(25)27)15-24-22(26)18-13-11-17(12-14-18)16-7-3-2-4-8-16/h2-14,21H,15H2,1H3,(H,24,26). The fourth-order valence-corrected chi connectivity index (χ4v) is 3.23. The highest BCUT2D eigenvalue weighted by Crippen LogP contribution is 2.32. The minimum atomic E-state index is -0.743. The first kappa shape index (κ1) is 17.8. The van der Waals surface area contributed by atoms with Crippen molar-refractivity contribution in [3.63, 3.8) is 0 Å². The second-order valence-electron chi connectivity index (χ2n) is 6.62. The second-order valence-corrected chi connectivity index (χ2v) is 6.62. The van der Waals surface area contributed by atoms with Crippen LogP contribution in [0.4, 0.5) is 5.69 Å². The van der Waals surface area contributed by atoms with Gasteiger partial charge in [-0.05, 0) is 35.4 Å². The Morgan fingerprint density at radius 3 is 2.32 bits per heavy atom. The summed E-state index contributed by atoms with van der Waals surface area (Å²) in [4.78, 5) is 26.5. The van der Waals surface area contributed by atoms with Gasteiger partial charge in [0.2, 0.25) is 0 Å². The van der Waals surface area contributed by atoms with Crippen LogP contribution in [0.1, 0.15) is 10.4 Å². The lowest BCUT2D eigenvalue weighted by molar-refractivity contribution is -0.125. The first-order valence-corrected chi connectivity index (χ1v) is 9.10. The summed E-state index contributed by atoms with van der Waals surface area (Å²) in [6.07, 6.45) is -0.743. The number of para-hydroxylation sites is 2. The van der Waals surface area contributed by atoms with Crippen molar-refractivity contribution in [2.24, 2.45) is 0 Å². The lowest BCUT2D eigenvalue weighted by atomic mass is 10.0. The van der Waals surface area contributed by atoms with Gasteiger partial charge in [-0.1, -0.05) is 54.6 Å². The van der Waals surface area contributed by atoms with Gasteiger partial charge in [0.25, 0.3) is 11.8 Å². The average molecular weight is 372 g/mol. The van der Waals surface area contributed by atoms with Crippen LogP contribution < -0.4 is 15.0 Å². The van der Waals surface area contributed by atoms with Crippen molar-refractivity contribution >= 4 is 17.5 Å². The topological polar surface area (TPSA) is 58.6 Å². The Labute approximate surface area is 163 Å². The van der Waals surface area contributed by atoms with Crippen LogP contribution in [-0.2, 0) is 4.79 Å². The summed E-state index contributed by atoms with van der Waals surface area (Å²) < 4.78 is 5.77. The number of fused-ring (bicyclic) bond motifs is 1. The van der Waals surface area contributed by atoms with Crippen molar-refractivity contribution in [3.8, 4) is 16.9 Å². The van der Waals surface area contributed by atoms with E-state index in [1.54, 1.807) is 24.1 Å². The first-order chi connectivity index (χ1) is 13.6. The fourth-order valence-electron chi connectivity index (χ4n) is 3.23. The van der Waals surface area contributed by atoms with Crippen LogP contribution in [0.15, 0.2) is 78.9 Å². The van der Waals surface area contributed by atoms with Gasteiger partial charge in [0, 0.05) is 12.6 Å². The van der Waals surface area contributed by atoms with Crippen LogP contribution >= 0.6 is 0 Å². The van der Waals surface area contributed by atoms with E-state index in [0.717, 1.165) is 16.8 Å². The second kappa shape index (κ2) is 7.56. The number of hydrogen-bond acceptors (Lipinski definition) is 3. The van der Waals surface area contributed by atoms with Crippen molar-refractivity contribution in [3.05, 3.63) is 84.4 Å². The molecule has 3 aromatic rings. The molecule has 0 bridgehead atoms. The minimum Gasteiger partial charge on any atom is -0.477 e. The van der Waals surface area contributed by atoms with Gasteiger partial charge in [0.05, 0.1) is 12.2 Å². The monoisotopic (exact) mass is 372 g/mol. The molecule has 0 aromatic heterocycles. The van der Waals surface area contributed by atoms with E-state index in [1.807, 2.05) is 66.7 Å². The predicted molar refractivity (Wildman–Crippen MR) is 108 cm³/mol. The summed E-state index contributed by atoms with van der Waals surface area (Å²) >= 11 is 0. The van der Waals surface area contributed by atoms with Gasteiger partial charge < -0.3 is 15.0 Å². The van der Waals surface area contributed by atoms with Gasteiger partial charge >= 0.3 is 0 Å². The van der Waals surface area contributed by atoms with Gasteiger partial charge in [0.1, 0.15) is 5.75 Å². The number of carbonyl (C=O) groups is 2. The molecule has 140 valence electrons. The number of carbonyl (C=O) groups excluding carboxylic acids is 2. The maximum atomic E-state index is 12.5. The van der Waals surface area contributed by atoms with Gasteiger partial charge in [-0.25, -0.2) is 0 Å². The summed E-state index contributed by atoms with van der Waals surface area (Å²) in [6.45, 7) is 0.108. The van der Waals surface area contributed by atoms with Gasteiger partial charge in [-0.2, -0.15) is 0 Å². The van der Waals surface area contributed by atoms with Crippen molar-refractivity contribution < 1.29 is 14.3 Å². The smallest absolute Gasteiger partial charge is 0.269 e. The molecule has 0 spiro atoms. The van der Waals surface area contributed by atoms with E-state index in [-0.39, 0.29) is 18.4 Å². The average Bonchev–Trinajstić information content (AvgIpc) is 2.76. The largest absolute Gasteiger partial charge is 0.477 e. The van der Waals surface area contributed by atoms with E-state index < -0.39 is 6.10 Å². The third-order valence-electron chi connectivity index (χ3n) is 4.80. The molecule has 28 heavy (non-hydrogen) atoms. The number of rotatable bonds is 4. The van der Waals surface area contributed by atoms with Crippen LogP contribution in [0.3, 0.4) is 0 Å². The van der Waals surface area contributed by atoms with Crippen LogP contribution in [0.2, 0.25) is 0 Å². The van der Waals surface area contributed by atoms with Gasteiger partial charge in [0.15, 0.2) is 6.10 Å². The highest BCUT2D eigenvalue weighted by atomic mass is 16.5. The zero-order valence-electron chi connectivity index (χ0n) is 15.5. The summed E-state index contributed by atoms with van der Waals surface area (Å²) in [6, 6.07) is 24.7. The molecule has 1 aliphatic heterocycles. The van der Waals surface area contributed by atoms with Crippen LogP contribution in [0, 0.1) is 0 Å². The lowest BCUT2D eigenvalue weighted by Gasteiger charge is -2.31. The number of nitrogens with zero attached hydrogens (tertiary/aromatic N) is 1. The molecule has 0 saturated heterocycles. The molecular formula is C23H20N2O3. The van der Waals surface area contributed by atoms with E-state index in [2.05, 4.69) is 5.32 Å². The molecule has 0 aliphatic carbocycles. The Kier molecular flexibility index (Phi) is 4.81. The quantitative estimate of drug-likeness (QED) is 0.762. The van der Waals surface area contributed by atoms with Gasteiger partial charge in [-0.3, -0.25) is 9.59 Å². The van der Waals surface area contributed by atoms with E-state index >= 15 is 0 Å². The molecule has 0 saturated carbocycles. The van der Waals surface area contributed by atoms with E-state index in [4.69, 9.17) is 4.74 Å². The predicted octanol–water partition coefficient (Wildman–Crippen LogP) is 3.51. The van der Waals surface area contributed by atoms with Crippen LogP contribution in [0.25, 0.3) is 11.1 Å². The lowest BCUT2D eigenvalue weighted by Crippen LogP contribution is -2.49. The summed E-state index contributed by atoms with van der Waals surface area (Å²) in [5, 5.41) is 2.80. The summed E-state index contributed by atoms with van der Waals surface area (Å²) in [7, 11) is 1.71. The molecule has 5 nitrogen and oxygen atoms in total. The molecule has 5 heteroatoms. The number of benzene rings is 3. The van der Waals surface area contributed by atoms with Crippen LogP contribution in [-0.4, -0.2) is 31.5 Å². The van der Waals surface area contributed by atoms with Crippen molar-refractivity contribution in [2.45, 2.75) is 6.10 Å². The number of likely N-dealkylation sites (N-methyl/N-ethyl adjacent to an activating group) is 1. The zero-order valence-corrected chi connectivity index (χ0v) is 15.5. The van der Waals surface area contributed by atoms with Crippen molar-refractivity contribution in [1.29, 1.82) is 0 Å².